The van der Waals surface area contributed by atoms with Gasteiger partial charge < -0.3 is 14.2 Å². The highest BCUT2D eigenvalue weighted by Gasteiger charge is 2.19. The van der Waals surface area contributed by atoms with Gasteiger partial charge in [-0.15, -0.1) is 0 Å². The molecule has 0 aliphatic heterocycles. The van der Waals surface area contributed by atoms with Gasteiger partial charge in [-0.25, -0.2) is 0 Å². The first-order chi connectivity index (χ1) is 32.5. The molecule has 0 saturated carbocycles. The van der Waals surface area contributed by atoms with Gasteiger partial charge in [0.15, 0.2) is 6.10 Å². The van der Waals surface area contributed by atoms with E-state index in [-0.39, 0.29) is 31.1 Å². The maximum atomic E-state index is 12.8. The minimum absolute atomic E-state index is 0.0750. The molecule has 0 rings (SSSR count). The summed E-state index contributed by atoms with van der Waals surface area (Å²) in [5.41, 5.74) is 0. The molecular formula is C60H110O6. The summed E-state index contributed by atoms with van der Waals surface area (Å²) in [6.45, 7) is 6.57. The molecule has 0 aliphatic carbocycles. The summed E-state index contributed by atoms with van der Waals surface area (Å²) in [6, 6.07) is 0. The van der Waals surface area contributed by atoms with E-state index in [4.69, 9.17) is 14.2 Å². The predicted molar refractivity (Wildman–Crippen MR) is 284 cm³/mol. The molecule has 66 heavy (non-hydrogen) atoms. The summed E-state index contributed by atoms with van der Waals surface area (Å²) < 4.78 is 16.7. The van der Waals surface area contributed by atoms with Crippen molar-refractivity contribution in [1.82, 2.24) is 0 Å². The molecule has 1 unspecified atom stereocenters. The quantitative estimate of drug-likeness (QED) is 0.0262. The Labute approximate surface area is 410 Å². The van der Waals surface area contributed by atoms with Gasteiger partial charge in [0.1, 0.15) is 13.2 Å². The number of hydrogen-bond acceptors (Lipinski definition) is 6. The first kappa shape index (κ1) is 63.6. The smallest absolute Gasteiger partial charge is 0.306 e. The van der Waals surface area contributed by atoms with Crippen LogP contribution in [0, 0.1) is 0 Å². The number of unbranched alkanes of at least 4 members (excludes halogenated alkanes) is 36. The fourth-order valence-corrected chi connectivity index (χ4v) is 8.47. The number of rotatable bonds is 53. The van der Waals surface area contributed by atoms with Crippen molar-refractivity contribution < 1.29 is 28.6 Å². The molecule has 0 aliphatic rings. The average molecular weight is 928 g/mol. The summed E-state index contributed by atoms with van der Waals surface area (Å²) in [5.74, 6) is -0.886. The largest absolute Gasteiger partial charge is 0.462 e. The van der Waals surface area contributed by atoms with Crippen molar-refractivity contribution in [2.45, 2.75) is 316 Å². The molecule has 0 fully saturated rings. The number of allylic oxidation sites excluding steroid dienone is 6. The molecule has 0 spiro atoms. The van der Waals surface area contributed by atoms with Crippen LogP contribution in [0.25, 0.3) is 0 Å². The molecule has 0 aromatic rings. The number of hydrogen-bond donors (Lipinski definition) is 0. The standard InChI is InChI=1S/C60H110O6/c1-4-7-10-13-16-18-20-22-24-25-26-27-28-29-30-31-32-33-34-35-37-38-40-42-44-47-50-53-59(62)65-56-57(55-64-58(61)52-49-46-15-12-9-6-3)66-60(63)54-51-48-45-43-41-39-36-23-21-19-17-14-11-8-5-2/h17,19,23,25-26,36,57H,4-16,18,20-22,24,27-35,37-56H2,1-3H3/b19-17-,26-25-,36-23-. The molecule has 6 heteroatoms. The van der Waals surface area contributed by atoms with Gasteiger partial charge in [0.25, 0.3) is 0 Å². The van der Waals surface area contributed by atoms with E-state index >= 15 is 0 Å². The second-order valence-corrected chi connectivity index (χ2v) is 19.6. The van der Waals surface area contributed by atoms with Crippen LogP contribution in [-0.4, -0.2) is 37.2 Å². The zero-order valence-electron chi connectivity index (χ0n) is 44.2. The molecule has 1 atom stereocenters. The lowest BCUT2D eigenvalue weighted by atomic mass is 10.0. The van der Waals surface area contributed by atoms with E-state index in [1.807, 2.05) is 0 Å². The zero-order chi connectivity index (χ0) is 47.9. The molecular weight excluding hydrogens is 817 g/mol. The lowest BCUT2D eigenvalue weighted by Gasteiger charge is -2.18. The van der Waals surface area contributed by atoms with Gasteiger partial charge in [-0.05, 0) is 77.0 Å². The molecule has 0 radical (unpaired) electrons. The van der Waals surface area contributed by atoms with E-state index in [1.165, 1.54) is 186 Å². The Morgan fingerprint density at radius 3 is 0.879 bits per heavy atom. The summed E-state index contributed by atoms with van der Waals surface area (Å²) in [7, 11) is 0. The average Bonchev–Trinajstić information content (AvgIpc) is 3.31. The minimum atomic E-state index is -0.774. The van der Waals surface area contributed by atoms with Crippen LogP contribution in [-0.2, 0) is 28.6 Å². The van der Waals surface area contributed by atoms with E-state index in [2.05, 4.69) is 57.2 Å². The van der Waals surface area contributed by atoms with Gasteiger partial charge in [-0.3, -0.25) is 14.4 Å². The highest BCUT2D eigenvalue weighted by Crippen LogP contribution is 2.16. The van der Waals surface area contributed by atoms with E-state index in [0.717, 1.165) is 83.5 Å². The van der Waals surface area contributed by atoms with Crippen LogP contribution in [0.1, 0.15) is 310 Å². The van der Waals surface area contributed by atoms with Gasteiger partial charge >= 0.3 is 17.9 Å². The highest BCUT2D eigenvalue weighted by molar-refractivity contribution is 5.71. The SMILES string of the molecule is CCCCC/C=C\C/C=C\CCCCCCCC(=O)OC(COC(=O)CCCCCCCC)COC(=O)CCCCCCCCCCCCCCCCC/C=C\CCCCCCCCCC. The number of ether oxygens (including phenoxy) is 3. The van der Waals surface area contributed by atoms with Crippen LogP contribution in [0.3, 0.4) is 0 Å². The van der Waals surface area contributed by atoms with Crippen LogP contribution in [0.5, 0.6) is 0 Å². The van der Waals surface area contributed by atoms with E-state index < -0.39 is 6.10 Å². The lowest BCUT2D eigenvalue weighted by molar-refractivity contribution is -0.167. The number of carbonyl (C=O) groups excluding carboxylic acids is 3. The Kier molecular flexibility index (Phi) is 53.2. The van der Waals surface area contributed by atoms with E-state index in [1.54, 1.807) is 0 Å². The molecule has 0 aromatic carbocycles. The Bertz CT molecular complexity index is 1110. The van der Waals surface area contributed by atoms with E-state index in [0.29, 0.717) is 19.3 Å². The molecule has 0 aromatic heterocycles. The third kappa shape index (κ3) is 52.6. The maximum Gasteiger partial charge on any atom is 0.306 e. The Balaban J connectivity index is 4.04. The summed E-state index contributed by atoms with van der Waals surface area (Å²) in [5, 5.41) is 0. The van der Waals surface area contributed by atoms with Crippen molar-refractivity contribution in [2.75, 3.05) is 13.2 Å². The van der Waals surface area contributed by atoms with Crippen LogP contribution in [0.15, 0.2) is 36.5 Å². The monoisotopic (exact) mass is 927 g/mol. The molecule has 0 N–H and O–H groups in total. The summed E-state index contributed by atoms with van der Waals surface area (Å²) >= 11 is 0. The Morgan fingerprint density at radius 2 is 0.545 bits per heavy atom. The topological polar surface area (TPSA) is 78.9 Å². The fraction of sp³-hybridized carbons (Fsp3) is 0.850. The van der Waals surface area contributed by atoms with Crippen LogP contribution >= 0.6 is 0 Å². The van der Waals surface area contributed by atoms with Gasteiger partial charge in [0.05, 0.1) is 0 Å². The molecule has 0 bridgehead atoms. The lowest BCUT2D eigenvalue weighted by Crippen LogP contribution is -2.30. The maximum absolute atomic E-state index is 12.8. The van der Waals surface area contributed by atoms with Crippen molar-refractivity contribution in [3.05, 3.63) is 36.5 Å². The van der Waals surface area contributed by atoms with Gasteiger partial charge in [-0.2, -0.15) is 0 Å². The first-order valence-electron chi connectivity index (χ1n) is 29.0. The number of esters is 3. The summed E-state index contributed by atoms with van der Waals surface area (Å²) in [6.07, 6.45) is 66.1. The fourth-order valence-electron chi connectivity index (χ4n) is 8.47. The first-order valence-corrected chi connectivity index (χ1v) is 29.0. The van der Waals surface area contributed by atoms with E-state index in [9.17, 15) is 14.4 Å². The van der Waals surface area contributed by atoms with Crippen molar-refractivity contribution >= 4 is 17.9 Å². The van der Waals surface area contributed by atoms with Crippen molar-refractivity contribution in [2.24, 2.45) is 0 Å². The normalized spacial score (nSPS) is 12.2. The molecule has 0 heterocycles. The number of carbonyl (C=O) groups is 3. The Hall–Kier alpha value is -2.37. The van der Waals surface area contributed by atoms with Gasteiger partial charge in [-0.1, -0.05) is 250 Å². The summed E-state index contributed by atoms with van der Waals surface area (Å²) in [4.78, 5) is 37.8. The zero-order valence-corrected chi connectivity index (χ0v) is 44.2. The minimum Gasteiger partial charge on any atom is -0.462 e. The van der Waals surface area contributed by atoms with Crippen LogP contribution in [0.4, 0.5) is 0 Å². The van der Waals surface area contributed by atoms with Gasteiger partial charge in [0, 0.05) is 19.3 Å². The molecule has 386 valence electrons. The predicted octanol–water partition coefficient (Wildman–Crippen LogP) is 19.3. The van der Waals surface area contributed by atoms with Gasteiger partial charge in [0.2, 0.25) is 0 Å². The second-order valence-electron chi connectivity index (χ2n) is 19.6. The van der Waals surface area contributed by atoms with Crippen molar-refractivity contribution in [3.8, 4) is 0 Å². The van der Waals surface area contributed by atoms with Crippen LogP contribution < -0.4 is 0 Å². The molecule has 0 saturated heterocycles. The molecule has 6 nitrogen and oxygen atoms in total. The third-order valence-electron chi connectivity index (χ3n) is 12.9. The van der Waals surface area contributed by atoms with Crippen molar-refractivity contribution in [3.63, 3.8) is 0 Å². The second kappa shape index (κ2) is 55.2. The van der Waals surface area contributed by atoms with Crippen molar-refractivity contribution in [1.29, 1.82) is 0 Å². The van der Waals surface area contributed by atoms with Crippen LogP contribution in [0.2, 0.25) is 0 Å². The highest BCUT2D eigenvalue weighted by atomic mass is 16.6. The third-order valence-corrected chi connectivity index (χ3v) is 12.9. The Morgan fingerprint density at radius 1 is 0.303 bits per heavy atom. The molecule has 0 amide bonds.